The van der Waals surface area contributed by atoms with E-state index in [2.05, 4.69) is 6.58 Å². The molecular weight excluding hydrogens is 138 g/mol. The second-order valence-electron chi connectivity index (χ2n) is 3.58. The van der Waals surface area contributed by atoms with Gasteiger partial charge in [0.2, 0.25) is 0 Å². The Morgan fingerprint density at radius 3 is 2.36 bits per heavy atom. The van der Waals surface area contributed by atoms with Crippen molar-refractivity contribution in [2.75, 3.05) is 7.11 Å². The van der Waals surface area contributed by atoms with Crippen LogP contribution in [0, 0.1) is 0 Å². The van der Waals surface area contributed by atoms with Crippen molar-refractivity contribution in [2.45, 2.75) is 38.8 Å². The molecule has 0 aliphatic carbocycles. The molecule has 0 aromatic heterocycles. The van der Waals surface area contributed by atoms with Crippen LogP contribution in [-0.4, -0.2) is 18.8 Å². The number of rotatable bonds is 4. The van der Waals surface area contributed by atoms with Gasteiger partial charge in [0.05, 0.1) is 5.60 Å². The van der Waals surface area contributed by atoms with Crippen LogP contribution in [0.3, 0.4) is 0 Å². The van der Waals surface area contributed by atoms with E-state index in [4.69, 9.17) is 10.5 Å². The minimum atomic E-state index is -0.251. The van der Waals surface area contributed by atoms with Crippen LogP contribution < -0.4 is 5.73 Å². The molecule has 0 heterocycles. The molecule has 0 aromatic carbocycles. The van der Waals surface area contributed by atoms with Crippen LogP contribution in [0.1, 0.15) is 27.2 Å². The monoisotopic (exact) mass is 157 g/mol. The molecule has 2 N–H and O–H groups in total. The van der Waals surface area contributed by atoms with Gasteiger partial charge in [0, 0.05) is 13.2 Å². The molecule has 0 aliphatic rings. The van der Waals surface area contributed by atoms with Gasteiger partial charge < -0.3 is 10.5 Å². The molecule has 1 unspecified atom stereocenters. The fraction of sp³-hybridized carbons (Fsp3) is 0.778. The van der Waals surface area contributed by atoms with E-state index in [1.54, 1.807) is 7.11 Å². The SMILES string of the molecule is C=C(C)CC(N)C(C)(C)OC. The summed E-state index contributed by atoms with van der Waals surface area (Å²) in [7, 11) is 1.68. The molecule has 1 atom stereocenters. The minimum absolute atomic E-state index is 0.0324. The zero-order valence-electron chi connectivity index (χ0n) is 7.98. The number of methoxy groups -OCH3 is 1. The number of nitrogens with two attached hydrogens (primary N) is 1. The predicted molar refractivity (Wildman–Crippen MR) is 48.5 cm³/mol. The molecule has 66 valence electrons. The number of ether oxygens (including phenoxy) is 1. The van der Waals surface area contributed by atoms with E-state index in [0.29, 0.717) is 0 Å². The van der Waals surface area contributed by atoms with E-state index < -0.39 is 0 Å². The van der Waals surface area contributed by atoms with E-state index in [1.165, 1.54) is 0 Å². The van der Waals surface area contributed by atoms with Gasteiger partial charge in [-0.2, -0.15) is 0 Å². The van der Waals surface area contributed by atoms with Gasteiger partial charge in [-0.3, -0.25) is 0 Å². The topological polar surface area (TPSA) is 35.2 Å². The van der Waals surface area contributed by atoms with Crippen molar-refractivity contribution in [3.05, 3.63) is 12.2 Å². The first-order chi connectivity index (χ1) is 4.90. The summed E-state index contributed by atoms with van der Waals surface area (Å²) in [5.41, 5.74) is 6.73. The highest BCUT2D eigenvalue weighted by Gasteiger charge is 2.25. The summed E-state index contributed by atoms with van der Waals surface area (Å²) < 4.78 is 5.23. The molecule has 0 saturated carbocycles. The number of hydrogen-bond donors (Lipinski definition) is 1. The third-order valence-corrected chi connectivity index (χ3v) is 1.99. The first-order valence-corrected chi connectivity index (χ1v) is 3.85. The highest BCUT2D eigenvalue weighted by Crippen LogP contribution is 2.16. The van der Waals surface area contributed by atoms with Gasteiger partial charge >= 0.3 is 0 Å². The van der Waals surface area contributed by atoms with Crippen molar-refractivity contribution < 1.29 is 4.74 Å². The Balaban J connectivity index is 4.01. The maximum atomic E-state index is 5.88. The first kappa shape index (κ1) is 10.7. The van der Waals surface area contributed by atoms with Crippen LogP contribution in [0.4, 0.5) is 0 Å². The molecule has 2 nitrogen and oxygen atoms in total. The van der Waals surface area contributed by atoms with Gasteiger partial charge in [-0.1, -0.05) is 5.57 Å². The van der Waals surface area contributed by atoms with Crippen molar-refractivity contribution in [1.82, 2.24) is 0 Å². The summed E-state index contributed by atoms with van der Waals surface area (Å²) in [6.45, 7) is 9.76. The molecule has 0 spiro atoms. The lowest BCUT2D eigenvalue weighted by atomic mass is 9.94. The van der Waals surface area contributed by atoms with Gasteiger partial charge in [0.25, 0.3) is 0 Å². The molecule has 0 rings (SSSR count). The molecule has 0 bridgehead atoms. The minimum Gasteiger partial charge on any atom is -0.377 e. The Labute approximate surface area is 69.4 Å². The molecule has 2 heteroatoms. The molecule has 0 saturated heterocycles. The Kier molecular flexibility index (Phi) is 3.76. The quantitative estimate of drug-likeness (QED) is 0.630. The van der Waals surface area contributed by atoms with Gasteiger partial charge in [0.15, 0.2) is 0 Å². The summed E-state index contributed by atoms with van der Waals surface area (Å²) in [5.74, 6) is 0. The largest absolute Gasteiger partial charge is 0.377 e. The van der Waals surface area contributed by atoms with Crippen LogP contribution in [0.5, 0.6) is 0 Å². The van der Waals surface area contributed by atoms with E-state index in [0.717, 1.165) is 12.0 Å². The van der Waals surface area contributed by atoms with Gasteiger partial charge in [-0.25, -0.2) is 0 Å². The van der Waals surface area contributed by atoms with Crippen molar-refractivity contribution in [3.63, 3.8) is 0 Å². The van der Waals surface area contributed by atoms with Crippen LogP contribution in [0.25, 0.3) is 0 Å². The normalized spacial score (nSPS) is 14.6. The molecule has 0 amide bonds. The predicted octanol–water partition coefficient (Wildman–Crippen LogP) is 1.70. The maximum Gasteiger partial charge on any atom is 0.0776 e. The van der Waals surface area contributed by atoms with Gasteiger partial charge in [-0.15, -0.1) is 6.58 Å². The van der Waals surface area contributed by atoms with Crippen LogP contribution in [0.15, 0.2) is 12.2 Å². The second kappa shape index (κ2) is 3.88. The van der Waals surface area contributed by atoms with E-state index in [-0.39, 0.29) is 11.6 Å². The lowest BCUT2D eigenvalue weighted by Crippen LogP contribution is -2.44. The van der Waals surface area contributed by atoms with Gasteiger partial charge in [-0.05, 0) is 27.2 Å². The maximum absolute atomic E-state index is 5.88. The molecule has 0 aliphatic heterocycles. The third-order valence-electron chi connectivity index (χ3n) is 1.99. The van der Waals surface area contributed by atoms with Crippen LogP contribution >= 0.6 is 0 Å². The summed E-state index contributed by atoms with van der Waals surface area (Å²) in [6, 6.07) is 0.0324. The zero-order chi connectivity index (χ0) is 9.07. The summed E-state index contributed by atoms with van der Waals surface area (Å²) >= 11 is 0. The lowest BCUT2D eigenvalue weighted by molar-refractivity contribution is 0.000847. The Bertz CT molecular complexity index is 140. The molecule has 0 radical (unpaired) electrons. The fourth-order valence-electron chi connectivity index (χ4n) is 0.773. The summed E-state index contributed by atoms with van der Waals surface area (Å²) in [6.07, 6.45) is 0.820. The first-order valence-electron chi connectivity index (χ1n) is 3.85. The number of hydrogen-bond acceptors (Lipinski definition) is 2. The summed E-state index contributed by atoms with van der Waals surface area (Å²) in [5, 5.41) is 0. The molecule has 0 aromatic rings. The Morgan fingerprint density at radius 1 is 1.64 bits per heavy atom. The lowest BCUT2D eigenvalue weighted by Gasteiger charge is -2.30. The van der Waals surface area contributed by atoms with Crippen molar-refractivity contribution in [3.8, 4) is 0 Å². The molecule has 0 fully saturated rings. The Hall–Kier alpha value is -0.340. The van der Waals surface area contributed by atoms with E-state index in [1.807, 2.05) is 20.8 Å². The van der Waals surface area contributed by atoms with Crippen molar-refractivity contribution >= 4 is 0 Å². The average molecular weight is 157 g/mol. The zero-order valence-corrected chi connectivity index (χ0v) is 7.98. The van der Waals surface area contributed by atoms with E-state index in [9.17, 15) is 0 Å². The van der Waals surface area contributed by atoms with Crippen LogP contribution in [-0.2, 0) is 4.74 Å². The average Bonchev–Trinajstić information content (AvgIpc) is 1.86. The van der Waals surface area contributed by atoms with Crippen molar-refractivity contribution in [2.24, 2.45) is 5.73 Å². The highest BCUT2D eigenvalue weighted by molar-refractivity contribution is 4.97. The molecular formula is C9H19NO. The smallest absolute Gasteiger partial charge is 0.0776 e. The van der Waals surface area contributed by atoms with E-state index >= 15 is 0 Å². The second-order valence-corrected chi connectivity index (χ2v) is 3.58. The van der Waals surface area contributed by atoms with Gasteiger partial charge in [0.1, 0.15) is 0 Å². The van der Waals surface area contributed by atoms with Crippen LogP contribution in [0.2, 0.25) is 0 Å². The molecule has 11 heavy (non-hydrogen) atoms. The Morgan fingerprint density at radius 2 is 2.09 bits per heavy atom. The highest BCUT2D eigenvalue weighted by atomic mass is 16.5. The standard InChI is InChI=1S/C9H19NO/c1-7(2)6-8(10)9(3,4)11-5/h8H,1,6,10H2,2-5H3. The third kappa shape index (κ3) is 3.54. The summed E-state index contributed by atoms with van der Waals surface area (Å²) in [4.78, 5) is 0. The fourth-order valence-corrected chi connectivity index (χ4v) is 0.773. The van der Waals surface area contributed by atoms with Crippen molar-refractivity contribution in [1.29, 1.82) is 0 Å².